The van der Waals surface area contributed by atoms with Gasteiger partial charge in [-0.2, -0.15) is 0 Å². The molecule has 0 spiro atoms. The van der Waals surface area contributed by atoms with Crippen molar-refractivity contribution in [3.63, 3.8) is 0 Å². The van der Waals surface area contributed by atoms with Crippen LogP contribution in [0.25, 0.3) is 6.08 Å². The van der Waals surface area contributed by atoms with Gasteiger partial charge >= 0.3 is 0 Å². The number of carbonyl (C=O) groups excluding carboxylic acids is 2. The van der Waals surface area contributed by atoms with Crippen molar-refractivity contribution in [1.82, 2.24) is 16.2 Å². The quantitative estimate of drug-likeness (QED) is 0.303. The Morgan fingerprint density at radius 3 is 2.43 bits per heavy atom. The predicted molar refractivity (Wildman–Crippen MR) is 106 cm³/mol. The van der Waals surface area contributed by atoms with Crippen LogP contribution in [0.3, 0.4) is 0 Å². The summed E-state index contributed by atoms with van der Waals surface area (Å²) in [5.74, 6) is -0.466. The van der Waals surface area contributed by atoms with E-state index in [1.165, 1.54) is 37.5 Å². The molecule has 0 saturated carbocycles. The van der Waals surface area contributed by atoms with E-state index in [4.69, 9.17) is 17.0 Å². The number of nitro groups is 1. The number of non-ortho nitro benzene ring substituents is 1. The minimum absolute atomic E-state index is 0.120. The average Bonchev–Trinajstić information content (AvgIpc) is 2.70. The van der Waals surface area contributed by atoms with Gasteiger partial charge < -0.3 is 4.74 Å². The molecule has 0 radical (unpaired) electrons. The van der Waals surface area contributed by atoms with Crippen molar-refractivity contribution in [3.8, 4) is 5.75 Å². The van der Waals surface area contributed by atoms with Crippen molar-refractivity contribution >= 4 is 40.9 Å². The van der Waals surface area contributed by atoms with Crippen molar-refractivity contribution in [2.75, 3.05) is 7.11 Å². The van der Waals surface area contributed by atoms with Gasteiger partial charge in [-0.15, -0.1) is 0 Å². The fourth-order valence-corrected chi connectivity index (χ4v) is 2.23. The third-order valence-corrected chi connectivity index (χ3v) is 3.62. The lowest BCUT2D eigenvalue weighted by Gasteiger charge is -2.09. The predicted octanol–water partition coefficient (Wildman–Crippen LogP) is 1.95. The van der Waals surface area contributed by atoms with Gasteiger partial charge in [0.05, 0.1) is 12.0 Å². The molecule has 2 aromatic rings. The van der Waals surface area contributed by atoms with E-state index in [0.717, 1.165) is 0 Å². The highest BCUT2D eigenvalue weighted by molar-refractivity contribution is 7.80. The zero-order valence-electron chi connectivity index (χ0n) is 14.7. The maximum Gasteiger partial charge on any atom is 0.269 e. The summed E-state index contributed by atoms with van der Waals surface area (Å²) in [6.45, 7) is 0. The van der Waals surface area contributed by atoms with E-state index in [1.54, 1.807) is 24.3 Å². The number of hydrazine groups is 1. The van der Waals surface area contributed by atoms with Gasteiger partial charge in [-0.05, 0) is 36.5 Å². The minimum Gasteiger partial charge on any atom is -0.496 e. The van der Waals surface area contributed by atoms with Crippen LogP contribution in [-0.4, -0.2) is 29.0 Å². The van der Waals surface area contributed by atoms with E-state index in [9.17, 15) is 19.7 Å². The molecular weight excluding hydrogens is 384 g/mol. The van der Waals surface area contributed by atoms with E-state index in [2.05, 4.69) is 16.2 Å². The smallest absolute Gasteiger partial charge is 0.269 e. The number of thiocarbonyl (C=S) groups is 1. The first-order chi connectivity index (χ1) is 13.4. The first-order valence-electron chi connectivity index (χ1n) is 7.87. The van der Waals surface area contributed by atoms with Gasteiger partial charge in [0, 0.05) is 29.3 Å². The number of ether oxygens (including phenoxy) is 1. The van der Waals surface area contributed by atoms with Gasteiger partial charge in [0.15, 0.2) is 5.11 Å². The molecule has 0 aliphatic carbocycles. The highest BCUT2D eigenvalue weighted by Crippen LogP contribution is 2.18. The lowest BCUT2D eigenvalue weighted by atomic mass is 10.2. The Labute approximate surface area is 165 Å². The normalized spacial score (nSPS) is 10.2. The molecule has 0 aliphatic heterocycles. The Kier molecular flexibility index (Phi) is 7.17. The van der Waals surface area contributed by atoms with E-state index in [-0.39, 0.29) is 16.4 Å². The molecule has 9 nitrogen and oxygen atoms in total. The molecule has 0 aliphatic rings. The Balaban J connectivity index is 1.84. The fourth-order valence-electron chi connectivity index (χ4n) is 2.07. The second kappa shape index (κ2) is 9.78. The van der Waals surface area contributed by atoms with Crippen LogP contribution in [-0.2, 0) is 4.79 Å². The number of amides is 2. The van der Waals surface area contributed by atoms with E-state index < -0.39 is 16.7 Å². The zero-order valence-corrected chi connectivity index (χ0v) is 15.5. The number of methoxy groups -OCH3 is 1. The molecule has 28 heavy (non-hydrogen) atoms. The summed E-state index contributed by atoms with van der Waals surface area (Å²) in [4.78, 5) is 33.9. The summed E-state index contributed by atoms with van der Waals surface area (Å²) >= 11 is 4.93. The number of benzene rings is 2. The van der Waals surface area contributed by atoms with Gasteiger partial charge in [-0.3, -0.25) is 35.9 Å². The number of rotatable bonds is 5. The highest BCUT2D eigenvalue weighted by atomic mass is 32.1. The molecule has 0 unspecified atom stereocenters. The van der Waals surface area contributed by atoms with E-state index in [0.29, 0.717) is 11.3 Å². The lowest BCUT2D eigenvalue weighted by Crippen LogP contribution is -2.48. The van der Waals surface area contributed by atoms with Crippen LogP contribution in [0, 0.1) is 10.1 Å². The lowest BCUT2D eigenvalue weighted by molar-refractivity contribution is -0.384. The second-order valence-electron chi connectivity index (χ2n) is 5.28. The average molecular weight is 400 g/mol. The Hall–Kier alpha value is -3.79. The Morgan fingerprint density at radius 1 is 1.11 bits per heavy atom. The van der Waals surface area contributed by atoms with Gasteiger partial charge in [-0.1, -0.05) is 18.2 Å². The van der Waals surface area contributed by atoms with Gasteiger partial charge in [0.2, 0.25) is 5.91 Å². The number of para-hydroxylation sites is 1. The molecule has 0 fully saturated rings. The molecule has 3 N–H and O–H groups in total. The molecule has 0 bridgehead atoms. The fraction of sp³-hybridized carbons (Fsp3) is 0.0556. The molecule has 2 rings (SSSR count). The third-order valence-electron chi connectivity index (χ3n) is 3.42. The number of hydrogen-bond donors (Lipinski definition) is 3. The number of nitro benzene ring substituents is 1. The van der Waals surface area contributed by atoms with Crippen molar-refractivity contribution in [1.29, 1.82) is 0 Å². The van der Waals surface area contributed by atoms with Crippen LogP contribution >= 0.6 is 12.2 Å². The van der Waals surface area contributed by atoms with E-state index >= 15 is 0 Å². The molecule has 2 aromatic carbocycles. The Morgan fingerprint density at radius 2 is 1.79 bits per heavy atom. The van der Waals surface area contributed by atoms with Gasteiger partial charge in [-0.25, -0.2) is 0 Å². The summed E-state index contributed by atoms with van der Waals surface area (Å²) in [6, 6.07) is 12.2. The van der Waals surface area contributed by atoms with Crippen LogP contribution in [0.15, 0.2) is 54.6 Å². The first-order valence-corrected chi connectivity index (χ1v) is 8.28. The molecule has 10 heteroatoms. The summed E-state index contributed by atoms with van der Waals surface area (Å²) in [6.07, 6.45) is 2.83. The largest absolute Gasteiger partial charge is 0.496 e. The summed E-state index contributed by atoms with van der Waals surface area (Å²) in [5.41, 5.74) is 5.43. The maximum absolute atomic E-state index is 12.0. The standard InChI is InChI=1S/C18H16N4O5S/c1-27-15-5-3-2-4-12(15)8-11-16(23)19-18(28)21-20-17(24)13-6-9-14(10-7-13)22(25)26/h2-11H,1H3,(H,20,24)(H2,19,21,23,28)/b11-8+. The molecule has 0 atom stereocenters. The molecule has 0 saturated heterocycles. The van der Waals surface area contributed by atoms with Crippen LogP contribution < -0.4 is 20.9 Å². The topological polar surface area (TPSA) is 123 Å². The number of nitrogens with zero attached hydrogens (tertiary/aromatic N) is 1. The molecule has 0 heterocycles. The Bertz CT molecular complexity index is 928. The van der Waals surface area contributed by atoms with Crippen LogP contribution in [0.2, 0.25) is 0 Å². The van der Waals surface area contributed by atoms with Crippen molar-refractivity contribution in [2.45, 2.75) is 0 Å². The molecular formula is C18H16N4O5S. The summed E-state index contributed by atoms with van der Waals surface area (Å²) in [5, 5.41) is 12.9. The highest BCUT2D eigenvalue weighted by Gasteiger charge is 2.10. The number of nitrogens with one attached hydrogen (secondary N) is 3. The van der Waals surface area contributed by atoms with Gasteiger partial charge in [0.25, 0.3) is 11.6 Å². The third kappa shape index (κ3) is 5.88. The summed E-state index contributed by atoms with van der Waals surface area (Å²) < 4.78 is 5.18. The molecule has 0 aromatic heterocycles. The monoisotopic (exact) mass is 400 g/mol. The van der Waals surface area contributed by atoms with Gasteiger partial charge in [0.1, 0.15) is 5.75 Å². The van der Waals surface area contributed by atoms with Crippen LogP contribution in [0.5, 0.6) is 5.75 Å². The van der Waals surface area contributed by atoms with Crippen molar-refractivity contribution in [2.24, 2.45) is 0 Å². The molecule has 144 valence electrons. The molecule has 2 amide bonds. The van der Waals surface area contributed by atoms with Crippen molar-refractivity contribution < 1.29 is 19.2 Å². The number of hydrogen-bond acceptors (Lipinski definition) is 6. The van der Waals surface area contributed by atoms with E-state index in [1.807, 2.05) is 6.07 Å². The SMILES string of the molecule is COc1ccccc1/C=C/C(=O)NC(=S)NNC(=O)c1ccc([N+](=O)[O-])cc1. The van der Waals surface area contributed by atoms with Crippen LogP contribution in [0.1, 0.15) is 15.9 Å². The summed E-state index contributed by atoms with van der Waals surface area (Å²) in [7, 11) is 1.53. The maximum atomic E-state index is 12.0. The first kappa shape index (κ1) is 20.5. The second-order valence-corrected chi connectivity index (χ2v) is 5.69. The van der Waals surface area contributed by atoms with Crippen molar-refractivity contribution in [3.05, 3.63) is 75.8 Å². The number of carbonyl (C=O) groups is 2. The van der Waals surface area contributed by atoms with Crippen LogP contribution in [0.4, 0.5) is 5.69 Å². The minimum atomic E-state index is -0.573. The zero-order chi connectivity index (χ0) is 20.5.